The fraction of sp³-hybridized carbons (Fsp3) is 1.00. The van der Waals surface area contributed by atoms with Gasteiger partial charge in [0.05, 0.1) is 33.6 Å². The van der Waals surface area contributed by atoms with E-state index < -0.39 is 51.7 Å². The van der Waals surface area contributed by atoms with E-state index in [0.29, 0.717) is 13.2 Å². The van der Waals surface area contributed by atoms with Crippen molar-refractivity contribution in [3.05, 3.63) is 0 Å². The van der Waals surface area contributed by atoms with Crippen molar-refractivity contribution in [1.82, 2.24) is 0 Å². The second-order valence-electron chi connectivity index (χ2n) is 15.8. The topological polar surface area (TPSA) is 136 Å². The van der Waals surface area contributed by atoms with Gasteiger partial charge in [0.2, 0.25) is 0 Å². The van der Waals surface area contributed by atoms with E-state index in [0.717, 1.165) is 12.8 Å². The van der Waals surface area contributed by atoms with Crippen LogP contribution in [0, 0.1) is 0 Å². The predicted molar refractivity (Wildman–Crippen MR) is 176 cm³/mol. The van der Waals surface area contributed by atoms with Crippen molar-refractivity contribution in [3.63, 3.8) is 0 Å². The van der Waals surface area contributed by atoms with E-state index >= 15 is 0 Å². The first-order chi connectivity index (χ1) is 18.1. The van der Waals surface area contributed by atoms with Crippen LogP contribution in [-0.2, 0) is 52.8 Å². The van der Waals surface area contributed by atoms with E-state index in [9.17, 15) is 9.59 Å². The van der Waals surface area contributed by atoms with Gasteiger partial charge in [0.15, 0.2) is 0 Å². The number of rotatable bonds is 8. The second kappa shape index (κ2) is 21.7. The monoisotopic (exact) mass is 738 g/mol. The fourth-order valence-corrected chi connectivity index (χ4v) is 7.34. The van der Waals surface area contributed by atoms with E-state index in [1.54, 1.807) is 0 Å². The van der Waals surface area contributed by atoms with Gasteiger partial charge in [-0.1, -0.05) is 13.8 Å². The van der Waals surface area contributed by atoms with Gasteiger partial charge >= 0.3 is 18.1 Å². The van der Waals surface area contributed by atoms with Gasteiger partial charge in [0.1, 0.15) is 0 Å². The molecule has 0 saturated carbocycles. The molecule has 0 spiro atoms. The van der Waals surface area contributed by atoms with Gasteiger partial charge in [-0.25, -0.2) is 0 Å². The molecule has 0 atom stereocenters. The Hall–Kier alpha value is 0.917. The van der Waals surface area contributed by atoms with Crippen LogP contribution in [-0.4, -0.2) is 84.7 Å². The first kappa shape index (κ1) is 53.4. The standard InChI is InChI=1S/2C12H28O4Si.2C3H8O.Zr/c2*1-10(2,3)14-17(13,15-11(4,5)6)16-12(7,8)9;2*1-2-3-4;/h2*13H,1-9H3;2*4H,2-3H2,1H3;. The van der Waals surface area contributed by atoms with Crippen LogP contribution in [0.25, 0.3) is 0 Å². The van der Waals surface area contributed by atoms with Gasteiger partial charge in [-0.3, -0.25) is 0 Å². The molecule has 10 nitrogen and oxygen atoms in total. The number of aliphatic hydroxyl groups excluding tert-OH is 2. The summed E-state index contributed by atoms with van der Waals surface area (Å²) in [5.74, 6) is 0. The van der Waals surface area contributed by atoms with Crippen LogP contribution in [0.15, 0.2) is 0 Å². The van der Waals surface area contributed by atoms with Gasteiger partial charge < -0.3 is 46.4 Å². The molecular weight excluding hydrogens is 668 g/mol. The SMILES string of the molecule is CC(C)(C)O[Si](O)(OC(C)(C)C)OC(C)(C)C.CC(C)(C)O[Si](O)(OC(C)(C)C)OC(C)(C)C.CCCO.CCCO.[Zr]. The first-order valence-electron chi connectivity index (χ1n) is 14.9. The molecular formula is C30H72O10Si2Zr. The molecule has 4 N–H and O–H groups in total. The minimum absolute atomic E-state index is 0. The molecule has 0 aliphatic carbocycles. The molecule has 0 heterocycles. The Labute approximate surface area is 287 Å². The van der Waals surface area contributed by atoms with Crippen molar-refractivity contribution in [3.8, 4) is 0 Å². The Balaban J connectivity index is -0.000000175. The van der Waals surface area contributed by atoms with Crippen LogP contribution >= 0.6 is 0 Å². The minimum Gasteiger partial charge on any atom is -0.396 e. The molecule has 0 aromatic rings. The Bertz CT molecular complexity index is 526. The van der Waals surface area contributed by atoms with Crippen LogP contribution in [0.5, 0.6) is 0 Å². The zero-order valence-electron chi connectivity index (χ0n) is 31.6. The van der Waals surface area contributed by atoms with Gasteiger partial charge in [-0.15, -0.1) is 0 Å². The molecule has 0 radical (unpaired) electrons. The molecule has 0 amide bonds. The molecule has 0 aromatic heterocycles. The van der Waals surface area contributed by atoms with Crippen molar-refractivity contribution in [2.75, 3.05) is 13.2 Å². The summed E-state index contributed by atoms with van der Waals surface area (Å²) < 4.78 is 33.8. The van der Waals surface area contributed by atoms with E-state index in [2.05, 4.69) is 0 Å². The summed E-state index contributed by atoms with van der Waals surface area (Å²) in [4.78, 5) is 21.0. The molecule has 0 aromatic carbocycles. The van der Waals surface area contributed by atoms with Crippen molar-refractivity contribution >= 4 is 18.1 Å². The van der Waals surface area contributed by atoms with Gasteiger partial charge in [-0.2, -0.15) is 0 Å². The first-order valence-corrected chi connectivity index (χ1v) is 18.3. The third kappa shape index (κ3) is 47.4. The summed E-state index contributed by atoms with van der Waals surface area (Å²) >= 11 is 0. The van der Waals surface area contributed by atoms with Gasteiger partial charge in [-0.05, 0) is 137 Å². The zero-order valence-corrected chi connectivity index (χ0v) is 36.0. The number of hydrogen-bond donors (Lipinski definition) is 4. The third-order valence-corrected chi connectivity index (χ3v) is 8.28. The van der Waals surface area contributed by atoms with Crippen molar-refractivity contribution in [2.45, 2.75) is 185 Å². The maximum Gasteiger partial charge on any atom is 0.678 e. The normalized spacial score (nSPS) is 13.4. The van der Waals surface area contributed by atoms with Crippen LogP contribution in [0.3, 0.4) is 0 Å². The van der Waals surface area contributed by atoms with E-state index in [1.165, 1.54) is 0 Å². The Kier molecular flexibility index (Phi) is 27.0. The summed E-state index contributed by atoms with van der Waals surface area (Å²) in [6.07, 6.45) is 1.75. The number of hydrogen-bond acceptors (Lipinski definition) is 10. The predicted octanol–water partition coefficient (Wildman–Crippen LogP) is 6.49. The summed E-state index contributed by atoms with van der Waals surface area (Å²) in [6.45, 7) is 38.1. The Morgan fingerprint density at radius 3 is 0.512 bits per heavy atom. The van der Waals surface area contributed by atoms with Crippen LogP contribution in [0.1, 0.15) is 151 Å². The summed E-state index contributed by atoms with van der Waals surface area (Å²) in [5, 5.41) is 15.8. The zero-order chi connectivity index (χ0) is 35.1. The maximum absolute atomic E-state index is 10.5. The molecule has 0 bridgehead atoms. The van der Waals surface area contributed by atoms with Gasteiger partial charge in [0, 0.05) is 39.4 Å². The van der Waals surface area contributed by atoms with Crippen molar-refractivity contribution < 1.29 is 72.6 Å². The van der Waals surface area contributed by atoms with Crippen molar-refractivity contribution in [2.24, 2.45) is 0 Å². The van der Waals surface area contributed by atoms with Crippen molar-refractivity contribution in [1.29, 1.82) is 0 Å². The third-order valence-electron chi connectivity index (χ3n) is 3.06. The summed E-state index contributed by atoms with van der Waals surface area (Å²) in [6, 6.07) is 0. The maximum atomic E-state index is 10.5. The second-order valence-corrected chi connectivity index (χ2v) is 19.1. The Morgan fingerprint density at radius 2 is 0.465 bits per heavy atom. The van der Waals surface area contributed by atoms with Crippen LogP contribution < -0.4 is 0 Å². The summed E-state index contributed by atoms with van der Waals surface area (Å²) in [7, 11) is -7.31. The van der Waals surface area contributed by atoms with Crippen LogP contribution in [0.4, 0.5) is 0 Å². The molecule has 13 heteroatoms. The minimum atomic E-state index is -3.66. The fourth-order valence-electron chi connectivity index (χ4n) is 2.45. The number of aliphatic hydroxyl groups is 2. The molecule has 264 valence electrons. The largest absolute Gasteiger partial charge is 0.678 e. The molecule has 0 aliphatic rings. The molecule has 0 rings (SSSR count). The molecule has 0 unspecified atom stereocenters. The molecule has 0 aliphatic heterocycles. The quantitative estimate of drug-likeness (QED) is 0.205. The van der Waals surface area contributed by atoms with E-state index in [-0.39, 0.29) is 26.2 Å². The summed E-state index contributed by atoms with van der Waals surface area (Å²) in [5.41, 5.74) is -3.10. The van der Waals surface area contributed by atoms with Crippen LogP contribution in [0.2, 0.25) is 0 Å². The van der Waals surface area contributed by atoms with E-state index in [4.69, 9.17) is 36.8 Å². The van der Waals surface area contributed by atoms with Gasteiger partial charge in [0.25, 0.3) is 0 Å². The average Bonchev–Trinajstić information content (AvgIpc) is 2.58. The molecule has 43 heavy (non-hydrogen) atoms. The smallest absolute Gasteiger partial charge is 0.396 e. The Morgan fingerprint density at radius 1 is 0.372 bits per heavy atom. The van der Waals surface area contributed by atoms with E-state index in [1.807, 2.05) is 138 Å². The molecule has 0 fully saturated rings. The average molecular weight is 740 g/mol. The molecule has 0 saturated heterocycles.